The van der Waals surface area contributed by atoms with Gasteiger partial charge in [0, 0.05) is 30.5 Å². The van der Waals surface area contributed by atoms with E-state index < -0.39 is 0 Å². The molecule has 1 saturated carbocycles. The molecule has 0 aromatic carbocycles. The summed E-state index contributed by atoms with van der Waals surface area (Å²) in [5.74, 6) is 1.22. The molecule has 2 heterocycles. The Hall–Kier alpha value is -1.58. The van der Waals surface area contributed by atoms with Crippen molar-refractivity contribution < 1.29 is 4.79 Å². The third-order valence-corrected chi connectivity index (χ3v) is 5.29. The molecule has 4 nitrogen and oxygen atoms in total. The smallest absolute Gasteiger partial charge is 0.259 e. The number of amides is 1. The van der Waals surface area contributed by atoms with Gasteiger partial charge in [0.1, 0.15) is 5.56 Å². The number of H-pyrrole nitrogens is 1. The van der Waals surface area contributed by atoms with E-state index in [1.54, 1.807) is 6.20 Å². The topological polar surface area (TPSA) is 53.2 Å². The Balaban J connectivity index is 1.88. The largest absolute Gasteiger partial charge is 0.364 e. The Kier molecular flexibility index (Phi) is 3.87. The van der Waals surface area contributed by atoms with Crippen LogP contribution in [-0.4, -0.2) is 28.4 Å². The fourth-order valence-corrected chi connectivity index (χ4v) is 4.06. The number of carbonyl (C=O) groups excluding carboxylic acids is 1. The van der Waals surface area contributed by atoms with Gasteiger partial charge in [0.15, 0.2) is 5.43 Å². The van der Waals surface area contributed by atoms with E-state index >= 15 is 0 Å². The van der Waals surface area contributed by atoms with E-state index in [4.69, 9.17) is 0 Å². The zero-order valence-electron chi connectivity index (χ0n) is 12.9. The van der Waals surface area contributed by atoms with E-state index in [1.165, 1.54) is 25.3 Å². The summed E-state index contributed by atoms with van der Waals surface area (Å²) in [5, 5.41) is 0. The highest BCUT2D eigenvalue weighted by molar-refractivity contribution is 5.94. The molecule has 3 unspecified atom stereocenters. The number of fused-ring (bicyclic) bond motifs is 1. The number of hydrogen-bond acceptors (Lipinski definition) is 2. The summed E-state index contributed by atoms with van der Waals surface area (Å²) >= 11 is 0. The zero-order valence-corrected chi connectivity index (χ0v) is 12.9. The highest BCUT2D eigenvalue weighted by Gasteiger charge is 2.39. The quantitative estimate of drug-likeness (QED) is 0.864. The first-order chi connectivity index (χ1) is 10.1. The number of carbonyl (C=O) groups is 1. The highest BCUT2D eigenvalue weighted by atomic mass is 16.2. The molecule has 2 aliphatic rings. The third-order valence-electron chi connectivity index (χ3n) is 5.29. The monoisotopic (exact) mass is 288 g/mol. The Morgan fingerprint density at radius 2 is 2.05 bits per heavy atom. The molecule has 1 saturated heterocycles. The van der Waals surface area contributed by atoms with Crippen LogP contribution in [0.2, 0.25) is 0 Å². The van der Waals surface area contributed by atoms with Gasteiger partial charge in [-0.2, -0.15) is 0 Å². The molecule has 1 aromatic heterocycles. The standard InChI is InChI=1S/C17H24N2O2/c1-11-7-8-19(15-6-4-3-5-13(11)15)17(21)14-10-18-12(2)9-16(14)20/h9-11,13,15H,3-8H2,1-2H3,(H,18,20). The molecule has 3 rings (SSSR count). The second-order valence-electron chi connectivity index (χ2n) is 6.67. The van der Waals surface area contributed by atoms with E-state index in [0.717, 1.165) is 25.1 Å². The summed E-state index contributed by atoms with van der Waals surface area (Å²) in [4.78, 5) is 29.9. The van der Waals surface area contributed by atoms with Crippen molar-refractivity contribution in [1.29, 1.82) is 0 Å². The lowest BCUT2D eigenvalue weighted by Gasteiger charge is -2.47. The number of aromatic amines is 1. The maximum Gasteiger partial charge on any atom is 0.259 e. The van der Waals surface area contributed by atoms with E-state index in [0.29, 0.717) is 23.4 Å². The van der Waals surface area contributed by atoms with Crippen LogP contribution >= 0.6 is 0 Å². The summed E-state index contributed by atoms with van der Waals surface area (Å²) < 4.78 is 0. The summed E-state index contributed by atoms with van der Waals surface area (Å²) in [6.07, 6.45) is 7.41. The molecule has 114 valence electrons. The number of hydrogen-bond donors (Lipinski definition) is 1. The van der Waals surface area contributed by atoms with Crippen LogP contribution in [0.15, 0.2) is 17.1 Å². The van der Waals surface area contributed by atoms with E-state index in [-0.39, 0.29) is 11.3 Å². The average molecular weight is 288 g/mol. The second-order valence-corrected chi connectivity index (χ2v) is 6.67. The number of pyridine rings is 1. The van der Waals surface area contributed by atoms with Gasteiger partial charge >= 0.3 is 0 Å². The van der Waals surface area contributed by atoms with Crippen LogP contribution in [0.4, 0.5) is 0 Å². The Bertz CT molecular complexity index is 593. The Morgan fingerprint density at radius 3 is 2.81 bits per heavy atom. The molecule has 0 spiro atoms. The number of aryl methyl sites for hydroxylation is 1. The van der Waals surface area contributed by atoms with Crippen molar-refractivity contribution in [3.05, 3.63) is 33.7 Å². The predicted molar refractivity (Wildman–Crippen MR) is 82.4 cm³/mol. The van der Waals surface area contributed by atoms with Crippen molar-refractivity contribution in [2.75, 3.05) is 6.54 Å². The lowest BCUT2D eigenvalue weighted by molar-refractivity contribution is 0.0216. The van der Waals surface area contributed by atoms with Crippen molar-refractivity contribution in [3.8, 4) is 0 Å². The SMILES string of the molecule is Cc1cc(=O)c(C(=O)N2CCC(C)C3CCCCC32)c[nH]1. The summed E-state index contributed by atoms with van der Waals surface area (Å²) in [7, 11) is 0. The molecular weight excluding hydrogens is 264 g/mol. The summed E-state index contributed by atoms with van der Waals surface area (Å²) in [6, 6.07) is 1.84. The van der Waals surface area contributed by atoms with Crippen LogP contribution in [0.5, 0.6) is 0 Å². The molecule has 21 heavy (non-hydrogen) atoms. The van der Waals surface area contributed by atoms with Crippen molar-refractivity contribution >= 4 is 5.91 Å². The second kappa shape index (κ2) is 5.66. The van der Waals surface area contributed by atoms with Gasteiger partial charge in [0.05, 0.1) is 0 Å². The van der Waals surface area contributed by atoms with Gasteiger partial charge in [-0.1, -0.05) is 19.8 Å². The first-order valence-corrected chi connectivity index (χ1v) is 8.08. The lowest BCUT2D eigenvalue weighted by Crippen LogP contribution is -2.53. The first kappa shape index (κ1) is 14.4. The van der Waals surface area contributed by atoms with Gasteiger partial charge in [-0.25, -0.2) is 0 Å². The fourth-order valence-electron chi connectivity index (χ4n) is 4.06. The maximum atomic E-state index is 12.8. The fraction of sp³-hybridized carbons (Fsp3) is 0.647. The first-order valence-electron chi connectivity index (χ1n) is 8.08. The van der Waals surface area contributed by atoms with Crippen LogP contribution in [0.3, 0.4) is 0 Å². The van der Waals surface area contributed by atoms with Crippen LogP contribution in [0.25, 0.3) is 0 Å². The molecule has 1 aliphatic heterocycles. The van der Waals surface area contributed by atoms with Crippen LogP contribution < -0.4 is 5.43 Å². The van der Waals surface area contributed by atoms with Gasteiger partial charge < -0.3 is 9.88 Å². The molecule has 0 radical (unpaired) electrons. The number of nitrogens with one attached hydrogen (secondary N) is 1. The number of piperidine rings is 1. The number of aromatic nitrogens is 1. The van der Waals surface area contributed by atoms with E-state index in [9.17, 15) is 9.59 Å². The normalized spacial score (nSPS) is 29.0. The predicted octanol–water partition coefficient (Wildman–Crippen LogP) is 2.72. The third kappa shape index (κ3) is 2.63. The average Bonchev–Trinajstić information content (AvgIpc) is 2.47. The van der Waals surface area contributed by atoms with Gasteiger partial charge in [-0.05, 0) is 38.0 Å². The molecule has 1 aliphatic carbocycles. The molecule has 2 fully saturated rings. The van der Waals surface area contributed by atoms with Crippen molar-refractivity contribution in [2.24, 2.45) is 11.8 Å². The summed E-state index contributed by atoms with van der Waals surface area (Å²) in [5.41, 5.74) is 0.918. The van der Waals surface area contributed by atoms with E-state index in [2.05, 4.69) is 11.9 Å². The minimum absolute atomic E-state index is 0.0833. The molecular formula is C17H24N2O2. The van der Waals surface area contributed by atoms with E-state index in [1.807, 2.05) is 11.8 Å². The van der Waals surface area contributed by atoms with Crippen molar-refractivity contribution in [3.63, 3.8) is 0 Å². The molecule has 1 amide bonds. The maximum absolute atomic E-state index is 12.8. The van der Waals surface area contributed by atoms with Crippen LogP contribution in [0, 0.1) is 18.8 Å². The lowest BCUT2D eigenvalue weighted by atomic mass is 9.72. The van der Waals surface area contributed by atoms with Gasteiger partial charge in [0.25, 0.3) is 5.91 Å². The van der Waals surface area contributed by atoms with Gasteiger partial charge in [-0.15, -0.1) is 0 Å². The minimum Gasteiger partial charge on any atom is -0.364 e. The Morgan fingerprint density at radius 1 is 1.29 bits per heavy atom. The summed E-state index contributed by atoms with van der Waals surface area (Å²) in [6.45, 7) is 4.92. The highest BCUT2D eigenvalue weighted by Crippen LogP contribution is 2.39. The molecule has 3 atom stereocenters. The Labute approximate surface area is 125 Å². The van der Waals surface area contributed by atoms with Crippen LogP contribution in [0.1, 0.15) is 55.1 Å². The molecule has 1 aromatic rings. The van der Waals surface area contributed by atoms with Crippen molar-refractivity contribution in [1.82, 2.24) is 9.88 Å². The number of likely N-dealkylation sites (tertiary alicyclic amines) is 1. The van der Waals surface area contributed by atoms with Crippen LogP contribution in [-0.2, 0) is 0 Å². The van der Waals surface area contributed by atoms with Crippen molar-refractivity contribution in [2.45, 2.75) is 52.0 Å². The molecule has 4 heteroatoms. The molecule has 0 bridgehead atoms. The minimum atomic E-state index is -0.165. The molecule has 1 N–H and O–H groups in total. The number of nitrogens with zero attached hydrogens (tertiary/aromatic N) is 1. The van der Waals surface area contributed by atoms with Gasteiger partial charge in [0.2, 0.25) is 0 Å². The number of rotatable bonds is 1. The van der Waals surface area contributed by atoms with Gasteiger partial charge in [-0.3, -0.25) is 9.59 Å². The zero-order chi connectivity index (χ0) is 15.0.